The minimum absolute atomic E-state index is 0.0690. The first-order chi connectivity index (χ1) is 17.9. The molecule has 1 aliphatic heterocycles. The molecular formula is C27H22Cl2N4O3S. The van der Waals surface area contributed by atoms with E-state index in [9.17, 15) is 4.79 Å². The van der Waals surface area contributed by atoms with Gasteiger partial charge in [-0.3, -0.25) is 9.78 Å². The van der Waals surface area contributed by atoms with Gasteiger partial charge in [-0.2, -0.15) is 0 Å². The topological polar surface area (TPSA) is 79.6 Å². The third-order valence-electron chi connectivity index (χ3n) is 5.93. The van der Waals surface area contributed by atoms with Crippen molar-refractivity contribution in [3.63, 3.8) is 0 Å². The zero-order valence-corrected chi connectivity index (χ0v) is 22.0. The number of nitrogens with zero attached hydrogens (tertiary/aromatic N) is 2. The number of furan rings is 1. The van der Waals surface area contributed by atoms with Crippen LogP contribution >= 0.6 is 35.4 Å². The molecule has 37 heavy (non-hydrogen) atoms. The molecule has 2 aromatic heterocycles. The maximum Gasteiger partial charge on any atom is 0.250 e. The van der Waals surface area contributed by atoms with E-state index in [0.717, 1.165) is 16.9 Å². The summed E-state index contributed by atoms with van der Waals surface area (Å²) < 4.78 is 11.2. The first kappa shape index (κ1) is 25.2. The highest BCUT2D eigenvalue weighted by molar-refractivity contribution is 7.80. The average molecular weight is 553 g/mol. The number of halogens is 2. The molecule has 1 fully saturated rings. The van der Waals surface area contributed by atoms with Crippen LogP contribution in [0.4, 0.5) is 11.4 Å². The molecule has 1 aliphatic rings. The number of aromatic nitrogens is 1. The van der Waals surface area contributed by atoms with Crippen LogP contribution in [0.2, 0.25) is 10.0 Å². The van der Waals surface area contributed by atoms with E-state index >= 15 is 0 Å². The molecule has 7 nitrogen and oxygen atoms in total. The van der Waals surface area contributed by atoms with Crippen LogP contribution in [0.25, 0.3) is 11.3 Å². The maximum absolute atomic E-state index is 12.0. The van der Waals surface area contributed by atoms with Gasteiger partial charge in [0, 0.05) is 29.6 Å². The second-order valence-electron chi connectivity index (χ2n) is 8.35. The van der Waals surface area contributed by atoms with Crippen molar-refractivity contribution >= 4 is 57.8 Å². The van der Waals surface area contributed by atoms with Crippen molar-refractivity contribution in [1.82, 2.24) is 10.3 Å². The second-order valence-corrected chi connectivity index (χ2v) is 9.58. The van der Waals surface area contributed by atoms with Crippen molar-refractivity contribution in [1.29, 1.82) is 0 Å². The largest absolute Gasteiger partial charge is 0.459 e. The van der Waals surface area contributed by atoms with E-state index in [1.54, 1.807) is 18.3 Å². The molecule has 2 N–H and O–H groups in total. The molecule has 2 aromatic carbocycles. The number of methoxy groups -OCH3 is 1. The normalized spacial score (nSPS) is 17.1. The minimum atomic E-state index is -0.353. The summed E-state index contributed by atoms with van der Waals surface area (Å²) in [5, 5.41) is 7.66. The van der Waals surface area contributed by atoms with Crippen LogP contribution < -0.4 is 15.5 Å². The lowest BCUT2D eigenvalue weighted by Gasteiger charge is -2.26. The summed E-state index contributed by atoms with van der Waals surface area (Å²) in [6.07, 6.45) is 1.75. The Hall–Kier alpha value is -3.43. The number of benzene rings is 2. The van der Waals surface area contributed by atoms with Crippen LogP contribution in [0.5, 0.6) is 0 Å². The van der Waals surface area contributed by atoms with Crippen LogP contribution in [-0.2, 0) is 9.53 Å². The first-order valence-corrected chi connectivity index (χ1v) is 12.6. The molecule has 0 unspecified atom stereocenters. The fourth-order valence-electron chi connectivity index (χ4n) is 4.28. The van der Waals surface area contributed by atoms with Crippen molar-refractivity contribution in [3.05, 3.63) is 100 Å². The third-order valence-corrected chi connectivity index (χ3v) is 6.80. The van der Waals surface area contributed by atoms with Gasteiger partial charge in [0.05, 0.1) is 22.4 Å². The number of hydrogen-bond acceptors (Lipinski definition) is 5. The van der Waals surface area contributed by atoms with Gasteiger partial charge in [-0.25, -0.2) is 0 Å². The molecule has 0 spiro atoms. The molecule has 0 bridgehead atoms. The summed E-state index contributed by atoms with van der Waals surface area (Å²) in [5.74, 6) is 1.11. The Kier molecular flexibility index (Phi) is 7.43. The molecule has 0 saturated carbocycles. The van der Waals surface area contributed by atoms with Crippen molar-refractivity contribution in [2.24, 2.45) is 0 Å². The van der Waals surface area contributed by atoms with E-state index in [1.807, 2.05) is 65.6 Å². The molecule has 5 rings (SSSR count). The number of anilines is 2. The van der Waals surface area contributed by atoms with E-state index < -0.39 is 0 Å². The molecule has 188 valence electrons. The number of carbonyl (C=O) groups is 1. The number of carbonyl (C=O) groups excluding carboxylic acids is 1. The lowest BCUT2D eigenvalue weighted by molar-refractivity contribution is -0.119. The Morgan fingerprint density at radius 3 is 2.65 bits per heavy atom. The average Bonchev–Trinajstić information content (AvgIpc) is 3.51. The number of pyridine rings is 1. The summed E-state index contributed by atoms with van der Waals surface area (Å²) in [7, 11) is 1.46. The van der Waals surface area contributed by atoms with Crippen LogP contribution in [0.3, 0.4) is 0 Å². The van der Waals surface area contributed by atoms with Gasteiger partial charge in [-0.05, 0) is 78.9 Å². The van der Waals surface area contributed by atoms with Gasteiger partial charge in [-0.15, -0.1) is 0 Å². The van der Waals surface area contributed by atoms with Crippen LogP contribution in [0.1, 0.15) is 23.5 Å². The Morgan fingerprint density at radius 1 is 1.14 bits per heavy atom. The predicted octanol–water partition coefficient (Wildman–Crippen LogP) is 6.41. The van der Waals surface area contributed by atoms with Gasteiger partial charge in [0.15, 0.2) is 5.11 Å². The molecule has 1 amide bonds. The standard InChI is InChI=1S/C27H22Cl2N4O3S/c1-35-15-24(34)31-20-10-9-18(14-19(20)29)33-26(25(32-27(33)37)21-4-2-3-13-30-21)23-12-11-22(36-23)16-5-7-17(28)8-6-16/h2-14,25-26H,15H2,1H3,(H,31,34)(H,32,37)/t25-,26+/m0/s1. The van der Waals surface area contributed by atoms with Gasteiger partial charge in [0.2, 0.25) is 5.91 Å². The summed E-state index contributed by atoms with van der Waals surface area (Å²) in [6.45, 7) is -0.0690. The van der Waals surface area contributed by atoms with E-state index in [1.165, 1.54) is 7.11 Å². The lowest BCUT2D eigenvalue weighted by Crippen LogP contribution is -2.29. The number of rotatable bonds is 7. The van der Waals surface area contributed by atoms with Crippen molar-refractivity contribution in [3.8, 4) is 11.3 Å². The van der Waals surface area contributed by atoms with E-state index in [0.29, 0.717) is 32.4 Å². The molecule has 4 aromatic rings. The fourth-order valence-corrected chi connectivity index (χ4v) is 4.97. The molecule has 2 atom stereocenters. The first-order valence-electron chi connectivity index (χ1n) is 11.4. The molecule has 1 saturated heterocycles. The number of hydrogen-bond donors (Lipinski definition) is 2. The maximum atomic E-state index is 12.0. The highest BCUT2D eigenvalue weighted by Crippen LogP contribution is 2.44. The number of nitrogens with one attached hydrogen (secondary N) is 2. The Labute approximate surface area is 229 Å². The number of thiocarbonyl (C=S) groups is 1. The van der Waals surface area contributed by atoms with E-state index in [4.69, 9.17) is 44.6 Å². The van der Waals surface area contributed by atoms with Crippen molar-refractivity contribution < 1.29 is 13.9 Å². The number of ether oxygens (including phenoxy) is 1. The Balaban J connectivity index is 1.53. The van der Waals surface area contributed by atoms with Gasteiger partial charge in [0.1, 0.15) is 24.2 Å². The molecule has 0 aliphatic carbocycles. The lowest BCUT2D eigenvalue weighted by atomic mass is 10.0. The van der Waals surface area contributed by atoms with Crippen LogP contribution in [-0.4, -0.2) is 29.7 Å². The van der Waals surface area contributed by atoms with E-state index in [2.05, 4.69) is 15.6 Å². The summed E-state index contributed by atoms with van der Waals surface area (Å²) in [6, 6.07) is 21.8. The summed E-state index contributed by atoms with van der Waals surface area (Å²) in [4.78, 5) is 18.5. The SMILES string of the molecule is COCC(=O)Nc1ccc(N2C(=S)N[C@@H](c3ccccn3)[C@H]2c2ccc(-c3ccc(Cl)cc3)o2)cc1Cl. The molecular weight excluding hydrogens is 531 g/mol. The molecule has 10 heteroatoms. The van der Waals surface area contributed by atoms with Crippen LogP contribution in [0.15, 0.2) is 83.4 Å². The van der Waals surface area contributed by atoms with Gasteiger partial charge >= 0.3 is 0 Å². The van der Waals surface area contributed by atoms with E-state index in [-0.39, 0.29) is 24.6 Å². The predicted molar refractivity (Wildman–Crippen MR) is 149 cm³/mol. The van der Waals surface area contributed by atoms with Crippen LogP contribution in [0, 0.1) is 0 Å². The minimum Gasteiger partial charge on any atom is -0.459 e. The second kappa shape index (κ2) is 10.9. The number of amides is 1. The third kappa shape index (κ3) is 5.33. The quantitative estimate of drug-likeness (QED) is 0.256. The van der Waals surface area contributed by atoms with Gasteiger partial charge in [-0.1, -0.05) is 29.3 Å². The highest BCUT2D eigenvalue weighted by atomic mass is 35.5. The van der Waals surface area contributed by atoms with Gasteiger partial charge in [0.25, 0.3) is 0 Å². The van der Waals surface area contributed by atoms with Crippen molar-refractivity contribution in [2.75, 3.05) is 23.9 Å². The van der Waals surface area contributed by atoms with Crippen molar-refractivity contribution in [2.45, 2.75) is 12.1 Å². The highest BCUT2D eigenvalue weighted by Gasteiger charge is 2.42. The van der Waals surface area contributed by atoms with Gasteiger partial charge < -0.3 is 24.7 Å². The fraction of sp³-hybridized carbons (Fsp3) is 0.148. The monoisotopic (exact) mass is 552 g/mol. The Bertz CT molecular complexity index is 1430. The molecule has 0 radical (unpaired) electrons. The smallest absolute Gasteiger partial charge is 0.250 e. The summed E-state index contributed by atoms with van der Waals surface area (Å²) >= 11 is 18.4. The Morgan fingerprint density at radius 2 is 1.95 bits per heavy atom. The zero-order chi connectivity index (χ0) is 25.9. The summed E-state index contributed by atoms with van der Waals surface area (Å²) in [5.41, 5.74) is 2.94. The molecule has 3 heterocycles. The zero-order valence-electron chi connectivity index (χ0n) is 19.7.